The molecule has 1 aliphatic rings. The molecule has 0 saturated carbocycles. The second-order valence-corrected chi connectivity index (χ2v) is 2.08. The van der Waals surface area contributed by atoms with Crippen LogP contribution in [0.1, 0.15) is 0 Å². The summed E-state index contributed by atoms with van der Waals surface area (Å²) in [5, 5.41) is 0. The van der Waals surface area contributed by atoms with Crippen LogP contribution in [0.2, 0.25) is 0 Å². The molecule has 0 unspecified atom stereocenters. The highest BCUT2D eigenvalue weighted by Crippen LogP contribution is 2.38. The molecule has 3 nitrogen and oxygen atoms in total. The smallest absolute Gasteiger partial charge is 0.332 e. The summed E-state index contributed by atoms with van der Waals surface area (Å²) in [6.07, 6.45) is -5.17. The third-order valence-corrected chi connectivity index (χ3v) is 1.33. The van der Waals surface area contributed by atoms with Crippen molar-refractivity contribution in [2.24, 2.45) is 0 Å². The largest absolute Gasteiger partial charge is 0.454 e. The van der Waals surface area contributed by atoms with Crippen LogP contribution in [0.5, 0.6) is 0 Å². The third kappa shape index (κ3) is 2.18. The summed E-state index contributed by atoms with van der Waals surface area (Å²) in [7, 11) is 0.500. The molecule has 0 aromatic carbocycles. The minimum Gasteiger partial charge on any atom is -0.332 e. The lowest BCUT2D eigenvalue weighted by Crippen LogP contribution is -2.51. The van der Waals surface area contributed by atoms with E-state index in [1.165, 1.54) is 0 Å². The standard InChI is InChI=1S/C5H4F4O3.CH3F/c6-3(10)4(5(7,8)9)11-1-2-12-4;1-2/h1-2H2;1H3. The average Bonchev–Trinajstić information content (AvgIpc) is 2.55. The Morgan fingerprint density at radius 3 is 1.71 bits per heavy atom. The molecule has 8 heteroatoms. The number of carbonyl (C=O) groups is 1. The van der Waals surface area contributed by atoms with Crippen LogP contribution >= 0.6 is 0 Å². The van der Waals surface area contributed by atoms with Crippen LogP contribution in [0.15, 0.2) is 0 Å². The summed E-state index contributed by atoms with van der Waals surface area (Å²) >= 11 is 0. The maximum absolute atomic E-state index is 12.0. The van der Waals surface area contributed by atoms with Crippen molar-refractivity contribution in [2.45, 2.75) is 12.0 Å². The average molecular weight is 222 g/mol. The zero-order chi connectivity index (χ0) is 11.4. The lowest BCUT2D eigenvalue weighted by Gasteiger charge is -2.23. The Labute approximate surface area is 75.8 Å². The minimum atomic E-state index is -5.17. The summed E-state index contributed by atoms with van der Waals surface area (Å²) in [5.74, 6) is -3.67. The van der Waals surface area contributed by atoms with Gasteiger partial charge in [0.1, 0.15) is 0 Å². The number of halogens is 5. The van der Waals surface area contributed by atoms with Crippen molar-refractivity contribution >= 4 is 6.04 Å². The van der Waals surface area contributed by atoms with Crippen molar-refractivity contribution in [3.63, 3.8) is 0 Å². The van der Waals surface area contributed by atoms with Gasteiger partial charge in [-0.2, -0.15) is 17.6 Å². The van der Waals surface area contributed by atoms with Gasteiger partial charge in [-0.05, 0) is 0 Å². The van der Waals surface area contributed by atoms with Gasteiger partial charge in [0, 0.05) is 0 Å². The van der Waals surface area contributed by atoms with E-state index in [1.54, 1.807) is 0 Å². The van der Waals surface area contributed by atoms with Gasteiger partial charge in [0.05, 0.1) is 20.4 Å². The molecular weight excluding hydrogens is 215 g/mol. The van der Waals surface area contributed by atoms with E-state index in [9.17, 15) is 26.7 Å². The van der Waals surface area contributed by atoms with E-state index in [2.05, 4.69) is 9.47 Å². The molecular formula is C6H7F5O3. The number of carbonyl (C=O) groups excluding carboxylic acids is 1. The molecule has 0 bridgehead atoms. The molecule has 0 aliphatic carbocycles. The zero-order valence-corrected chi connectivity index (χ0v) is 7.03. The molecule has 0 amide bonds. The molecule has 0 aromatic rings. The zero-order valence-electron chi connectivity index (χ0n) is 7.03. The van der Waals surface area contributed by atoms with Crippen molar-refractivity contribution in [3.05, 3.63) is 0 Å². The van der Waals surface area contributed by atoms with E-state index in [4.69, 9.17) is 0 Å². The number of ether oxygens (including phenoxy) is 2. The van der Waals surface area contributed by atoms with Gasteiger partial charge in [-0.15, -0.1) is 0 Å². The normalized spacial score (nSPS) is 19.9. The molecule has 14 heavy (non-hydrogen) atoms. The molecule has 0 N–H and O–H groups in total. The Kier molecular flexibility index (Phi) is 4.40. The highest BCUT2D eigenvalue weighted by Gasteiger charge is 2.66. The predicted octanol–water partition coefficient (Wildman–Crippen LogP) is 1.37. The maximum Gasteiger partial charge on any atom is 0.454 e. The number of alkyl halides is 4. The van der Waals surface area contributed by atoms with E-state index in [0.29, 0.717) is 7.18 Å². The minimum absolute atomic E-state index is 0.449. The van der Waals surface area contributed by atoms with Crippen molar-refractivity contribution in [3.8, 4) is 0 Å². The highest BCUT2D eigenvalue weighted by atomic mass is 19.4. The molecule has 84 valence electrons. The number of hydrogen-bond acceptors (Lipinski definition) is 3. The Morgan fingerprint density at radius 2 is 1.57 bits per heavy atom. The molecule has 0 radical (unpaired) electrons. The van der Waals surface area contributed by atoms with Gasteiger partial charge in [0.25, 0.3) is 0 Å². The van der Waals surface area contributed by atoms with Crippen molar-refractivity contribution in [2.75, 3.05) is 20.4 Å². The fraction of sp³-hybridized carbons (Fsp3) is 0.833. The first-order chi connectivity index (χ1) is 6.40. The van der Waals surface area contributed by atoms with Gasteiger partial charge in [-0.25, -0.2) is 0 Å². The van der Waals surface area contributed by atoms with Gasteiger partial charge in [0.15, 0.2) is 0 Å². The van der Waals surface area contributed by atoms with E-state index >= 15 is 0 Å². The molecule has 1 fully saturated rings. The van der Waals surface area contributed by atoms with Crippen LogP contribution in [-0.4, -0.2) is 38.4 Å². The van der Waals surface area contributed by atoms with Crippen molar-refractivity contribution in [1.29, 1.82) is 0 Å². The first-order valence-electron chi connectivity index (χ1n) is 3.32. The van der Waals surface area contributed by atoms with Gasteiger partial charge in [0.2, 0.25) is 0 Å². The van der Waals surface area contributed by atoms with Gasteiger partial charge < -0.3 is 9.47 Å². The molecule has 1 heterocycles. The van der Waals surface area contributed by atoms with E-state index in [1.807, 2.05) is 0 Å². The first kappa shape index (κ1) is 13.2. The molecule has 1 saturated heterocycles. The summed E-state index contributed by atoms with van der Waals surface area (Å²) < 4.78 is 65.1. The Bertz CT molecular complexity index is 196. The fourth-order valence-electron chi connectivity index (χ4n) is 0.801. The fourth-order valence-corrected chi connectivity index (χ4v) is 0.801. The lowest BCUT2D eigenvalue weighted by atomic mass is 10.3. The SMILES string of the molecule is CF.O=C(F)C1(C(F)(F)F)OCCO1. The van der Waals surface area contributed by atoms with Crippen LogP contribution in [-0.2, 0) is 14.3 Å². The Balaban J connectivity index is 0.000000791. The second kappa shape index (κ2) is 4.65. The van der Waals surface area contributed by atoms with Gasteiger partial charge in [-0.3, -0.25) is 9.18 Å². The predicted molar refractivity (Wildman–Crippen MR) is 33.8 cm³/mol. The summed E-state index contributed by atoms with van der Waals surface area (Å²) in [4.78, 5) is 9.98. The van der Waals surface area contributed by atoms with E-state index in [-0.39, 0.29) is 0 Å². The highest BCUT2D eigenvalue weighted by molar-refractivity contribution is 5.78. The van der Waals surface area contributed by atoms with Gasteiger partial charge >= 0.3 is 18.0 Å². The Morgan fingerprint density at radius 1 is 1.21 bits per heavy atom. The van der Waals surface area contributed by atoms with Crippen LogP contribution in [0, 0.1) is 0 Å². The van der Waals surface area contributed by atoms with E-state index in [0.717, 1.165) is 0 Å². The monoisotopic (exact) mass is 222 g/mol. The van der Waals surface area contributed by atoms with Crippen LogP contribution in [0.25, 0.3) is 0 Å². The third-order valence-electron chi connectivity index (χ3n) is 1.33. The van der Waals surface area contributed by atoms with Crippen LogP contribution < -0.4 is 0 Å². The van der Waals surface area contributed by atoms with Gasteiger partial charge in [-0.1, -0.05) is 0 Å². The molecule has 0 spiro atoms. The molecule has 0 aromatic heterocycles. The molecule has 0 atom stereocenters. The quantitative estimate of drug-likeness (QED) is 0.496. The van der Waals surface area contributed by atoms with E-state index < -0.39 is 31.2 Å². The summed E-state index contributed by atoms with van der Waals surface area (Å²) in [6, 6.07) is -2.67. The molecule has 1 aliphatic heterocycles. The lowest BCUT2D eigenvalue weighted by molar-refractivity contribution is -0.328. The second-order valence-electron chi connectivity index (χ2n) is 2.08. The first-order valence-corrected chi connectivity index (χ1v) is 3.32. The maximum atomic E-state index is 12.0. The topological polar surface area (TPSA) is 35.5 Å². The Hall–Kier alpha value is -0.760. The van der Waals surface area contributed by atoms with Crippen molar-refractivity contribution in [1.82, 2.24) is 0 Å². The van der Waals surface area contributed by atoms with Crippen LogP contribution in [0.3, 0.4) is 0 Å². The number of rotatable bonds is 1. The summed E-state index contributed by atoms with van der Waals surface area (Å²) in [5.41, 5.74) is 0. The number of hydrogen-bond donors (Lipinski definition) is 0. The van der Waals surface area contributed by atoms with Crippen molar-refractivity contribution < 1.29 is 36.2 Å². The summed E-state index contributed by atoms with van der Waals surface area (Å²) in [6.45, 7) is -0.898. The van der Waals surface area contributed by atoms with Crippen LogP contribution in [0.4, 0.5) is 22.0 Å². The molecule has 1 rings (SSSR count).